The van der Waals surface area contributed by atoms with Crippen molar-refractivity contribution >= 4 is 39.1 Å². The van der Waals surface area contributed by atoms with Crippen molar-refractivity contribution in [1.29, 1.82) is 0 Å². The number of aromatic nitrogens is 1. The Hall–Kier alpha value is -1.95. The van der Waals surface area contributed by atoms with Gasteiger partial charge < -0.3 is 10.2 Å². The van der Waals surface area contributed by atoms with Gasteiger partial charge in [-0.1, -0.05) is 35.9 Å². The Morgan fingerprint density at radius 3 is 2.85 bits per heavy atom. The Morgan fingerprint density at radius 2 is 2.08 bits per heavy atom. The van der Waals surface area contributed by atoms with E-state index in [1.54, 1.807) is 11.3 Å². The van der Waals surface area contributed by atoms with Crippen LogP contribution in [0.15, 0.2) is 48.5 Å². The highest BCUT2D eigenvalue weighted by Gasteiger charge is 2.21. The summed E-state index contributed by atoms with van der Waals surface area (Å²) in [5.74, 6) is 0.0532. The van der Waals surface area contributed by atoms with E-state index in [1.165, 1.54) is 4.70 Å². The number of carbonyl (C=O) groups is 1. The number of thiazole rings is 1. The summed E-state index contributed by atoms with van der Waals surface area (Å²) in [6, 6.07) is 16.0. The number of carbonyl (C=O) groups excluding carboxylic acids is 1. The SMILES string of the molecule is C[C@@H](c1nc2ccccc2s1)[NH+](C)CC(=O)NCCc1cccc(Cl)c1. The number of fused-ring (bicyclic) bond motifs is 1. The molecule has 1 heterocycles. The smallest absolute Gasteiger partial charge is 0.275 e. The zero-order valence-corrected chi connectivity index (χ0v) is 16.5. The van der Waals surface area contributed by atoms with E-state index in [0.29, 0.717) is 13.1 Å². The third-order valence-electron chi connectivity index (χ3n) is 4.48. The molecule has 0 aliphatic carbocycles. The number of hydrogen-bond acceptors (Lipinski definition) is 3. The van der Waals surface area contributed by atoms with Crippen molar-refractivity contribution in [3.05, 3.63) is 64.1 Å². The molecule has 0 saturated carbocycles. The van der Waals surface area contributed by atoms with Gasteiger partial charge in [-0.25, -0.2) is 4.98 Å². The molecule has 4 nitrogen and oxygen atoms in total. The van der Waals surface area contributed by atoms with Gasteiger partial charge in [0.05, 0.1) is 17.3 Å². The summed E-state index contributed by atoms with van der Waals surface area (Å²) in [7, 11) is 2.04. The number of amides is 1. The second kappa shape index (κ2) is 8.62. The zero-order valence-electron chi connectivity index (χ0n) is 15.0. The van der Waals surface area contributed by atoms with E-state index in [-0.39, 0.29) is 11.9 Å². The summed E-state index contributed by atoms with van der Waals surface area (Å²) in [4.78, 5) is 18.1. The minimum absolute atomic E-state index is 0.0532. The van der Waals surface area contributed by atoms with E-state index in [1.807, 2.05) is 49.5 Å². The van der Waals surface area contributed by atoms with Crippen LogP contribution in [-0.4, -0.2) is 31.0 Å². The molecular weight excluding hydrogens is 366 g/mol. The molecule has 2 N–H and O–H groups in total. The number of nitrogens with one attached hydrogen (secondary N) is 2. The fraction of sp³-hybridized carbons (Fsp3) is 0.300. The number of para-hydroxylation sites is 1. The summed E-state index contributed by atoms with van der Waals surface area (Å²) in [5, 5.41) is 4.78. The number of likely N-dealkylation sites (N-methyl/N-ethyl adjacent to an activating group) is 1. The van der Waals surface area contributed by atoms with E-state index >= 15 is 0 Å². The van der Waals surface area contributed by atoms with Crippen LogP contribution in [0.1, 0.15) is 23.5 Å². The molecule has 0 saturated heterocycles. The number of nitrogens with zero attached hydrogens (tertiary/aromatic N) is 1. The van der Waals surface area contributed by atoms with Crippen LogP contribution in [0, 0.1) is 0 Å². The lowest BCUT2D eigenvalue weighted by atomic mass is 10.1. The fourth-order valence-electron chi connectivity index (χ4n) is 2.79. The highest BCUT2D eigenvalue weighted by atomic mass is 35.5. The predicted octanol–water partition coefficient (Wildman–Crippen LogP) is 2.88. The summed E-state index contributed by atoms with van der Waals surface area (Å²) in [6.45, 7) is 3.15. The van der Waals surface area contributed by atoms with Gasteiger partial charge in [-0.3, -0.25) is 4.79 Å². The standard InChI is InChI=1S/C20H22ClN3OS/c1-14(20-23-17-8-3-4-9-18(17)26-20)24(2)13-19(25)22-11-10-15-6-5-7-16(21)12-15/h3-9,12,14H,10-11,13H2,1-2H3,(H,22,25)/p+1/t14-/m0/s1. The predicted molar refractivity (Wildman–Crippen MR) is 108 cm³/mol. The zero-order chi connectivity index (χ0) is 18.5. The molecule has 1 amide bonds. The Morgan fingerprint density at radius 1 is 1.27 bits per heavy atom. The van der Waals surface area contributed by atoms with E-state index in [2.05, 4.69) is 18.3 Å². The van der Waals surface area contributed by atoms with Crippen LogP contribution in [-0.2, 0) is 11.2 Å². The van der Waals surface area contributed by atoms with Crippen LogP contribution in [0.3, 0.4) is 0 Å². The Bertz CT molecular complexity index is 862. The van der Waals surface area contributed by atoms with Crippen molar-refractivity contribution in [3.8, 4) is 0 Å². The third kappa shape index (κ3) is 4.81. The minimum atomic E-state index is 0.0532. The van der Waals surface area contributed by atoms with Gasteiger partial charge >= 0.3 is 0 Å². The highest BCUT2D eigenvalue weighted by Crippen LogP contribution is 2.24. The molecule has 136 valence electrons. The van der Waals surface area contributed by atoms with Crippen molar-refractivity contribution in [3.63, 3.8) is 0 Å². The maximum atomic E-state index is 12.2. The van der Waals surface area contributed by atoms with Gasteiger partial charge in [0.1, 0.15) is 6.04 Å². The first kappa shape index (κ1) is 18.8. The van der Waals surface area contributed by atoms with E-state index in [4.69, 9.17) is 16.6 Å². The van der Waals surface area contributed by atoms with Crippen LogP contribution in [0.5, 0.6) is 0 Å². The van der Waals surface area contributed by atoms with Gasteiger partial charge in [-0.05, 0) is 43.2 Å². The summed E-state index contributed by atoms with van der Waals surface area (Å²) < 4.78 is 1.19. The monoisotopic (exact) mass is 388 g/mol. The van der Waals surface area contributed by atoms with Gasteiger partial charge in [0.15, 0.2) is 11.6 Å². The second-order valence-corrected chi connectivity index (χ2v) is 7.99. The quantitative estimate of drug-likeness (QED) is 0.653. The first-order chi connectivity index (χ1) is 12.5. The molecule has 0 bridgehead atoms. The number of rotatable bonds is 7. The molecule has 0 aliphatic heterocycles. The van der Waals surface area contributed by atoms with Crippen molar-refractivity contribution < 1.29 is 9.69 Å². The molecule has 3 rings (SSSR count). The molecule has 0 radical (unpaired) electrons. The summed E-state index contributed by atoms with van der Waals surface area (Å²) in [5.41, 5.74) is 2.15. The Labute approximate surface area is 162 Å². The Balaban J connectivity index is 1.50. The fourth-order valence-corrected chi connectivity index (χ4v) is 4.12. The van der Waals surface area contributed by atoms with Crippen molar-refractivity contribution in [2.24, 2.45) is 0 Å². The third-order valence-corrected chi connectivity index (χ3v) is 5.94. The maximum Gasteiger partial charge on any atom is 0.275 e. The molecule has 0 spiro atoms. The lowest BCUT2D eigenvalue weighted by Crippen LogP contribution is -3.10. The molecule has 6 heteroatoms. The lowest BCUT2D eigenvalue weighted by molar-refractivity contribution is -0.902. The van der Waals surface area contributed by atoms with Gasteiger partial charge in [0.25, 0.3) is 5.91 Å². The summed E-state index contributed by atoms with van der Waals surface area (Å²) in [6.07, 6.45) is 0.777. The van der Waals surface area contributed by atoms with Gasteiger partial charge in [0, 0.05) is 11.6 Å². The van der Waals surface area contributed by atoms with Crippen molar-refractivity contribution in [1.82, 2.24) is 10.3 Å². The molecule has 0 fully saturated rings. The summed E-state index contributed by atoms with van der Waals surface area (Å²) >= 11 is 7.68. The minimum Gasteiger partial charge on any atom is -0.351 e. The number of hydrogen-bond donors (Lipinski definition) is 2. The Kier molecular flexibility index (Phi) is 6.25. The average molecular weight is 389 g/mol. The number of quaternary nitrogens is 1. The normalized spacial score (nSPS) is 13.5. The first-order valence-corrected chi connectivity index (χ1v) is 9.91. The molecule has 1 unspecified atom stereocenters. The molecule has 0 aliphatic rings. The number of halogens is 1. The van der Waals surface area contributed by atoms with Crippen molar-refractivity contribution in [2.45, 2.75) is 19.4 Å². The first-order valence-electron chi connectivity index (χ1n) is 8.72. The van der Waals surface area contributed by atoms with Gasteiger partial charge in [-0.15, -0.1) is 11.3 Å². The van der Waals surface area contributed by atoms with Gasteiger partial charge in [0.2, 0.25) is 0 Å². The molecule has 3 aromatic rings. The largest absolute Gasteiger partial charge is 0.351 e. The molecule has 2 atom stereocenters. The maximum absolute atomic E-state index is 12.2. The molecule has 2 aromatic carbocycles. The van der Waals surface area contributed by atoms with Crippen LogP contribution in [0.25, 0.3) is 10.2 Å². The van der Waals surface area contributed by atoms with E-state index in [0.717, 1.165) is 32.4 Å². The van der Waals surface area contributed by atoms with Crippen LogP contribution in [0.4, 0.5) is 0 Å². The van der Waals surface area contributed by atoms with E-state index in [9.17, 15) is 4.79 Å². The average Bonchev–Trinajstić information content (AvgIpc) is 3.05. The topological polar surface area (TPSA) is 46.4 Å². The van der Waals surface area contributed by atoms with Crippen LogP contribution < -0.4 is 10.2 Å². The van der Waals surface area contributed by atoms with Gasteiger partial charge in [-0.2, -0.15) is 0 Å². The molecule has 1 aromatic heterocycles. The second-order valence-electron chi connectivity index (χ2n) is 6.49. The van der Waals surface area contributed by atoms with Crippen LogP contribution >= 0.6 is 22.9 Å². The van der Waals surface area contributed by atoms with Crippen LogP contribution in [0.2, 0.25) is 5.02 Å². The molecular formula is C20H23ClN3OS+. The molecule has 26 heavy (non-hydrogen) atoms. The highest BCUT2D eigenvalue weighted by molar-refractivity contribution is 7.18. The van der Waals surface area contributed by atoms with Crippen molar-refractivity contribution in [2.75, 3.05) is 20.1 Å². The van der Waals surface area contributed by atoms with E-state index < -0.39 is 0 Å². The number of benzene rings is 2. The lowest BCUT2D eigenvalue weighted by Gasteiger charge is -2.19.